The second-order valence-corrected chi connectivity index (χ2v) is 9.40. The molecule has 0 bridgehead atoms. The van der Waals surface area contributed by atoms with Crippen LogP contribution in [0.1, 0.15) is 0 Å². The lowest BCUT2D eigenvalue weighted by atomic mass is 10.3. The predicted octanol–water partition coefficient (Wildman–Crippen LogP) is 3.15. The summed E-state index contributed by atoms with van der Waals surface area (Å²) >= 11 is 2.61. The smallest absolute Gasteiger partial charge is 0.124 e. The monoisotopic (exact) mass is 464 g/mol. The molecule has 0 unspecified atom stereocenters. The lowest BCUT2D eigenvalue weighted by Crippen LogP contribution is -1.97. The molecule has 8 N–H and O–H groups in total. The second kappa shape index (κ2) is 8.97. The Morgan fingerprint density at radius 2 is 1.04 bits per heavy atom. The highest BCUT2D eigenvalue weighted by molar-refractivity contribution is 7.86. The van der Waals surface area contributed by atoms with Crippen LogP contribution in [0.5, 0.6) is 0 Å². The molecule has 0 saturated carbocycles. The minimum atomic E-state index is -4.34. The molecular formula is C14H16N4O6S4. The van der Waals surface area contributed by atoms with Crippen LogP contribution in [-0.4, -0.2) is 35.9 Å². The van der Waals surface area contributed by atoms with Gasteiger partial charge in [-0.05, 0) is 36.4 Å². The van der Waals surface area contributed by atoms with Gasteiger partial charge < -0.3 is 21.4 Å². The molecule has 2 aromatic carbocycles. The van der Waals surface area contributed by atoms with Crippen LogP contribution in [0.25, 0.3) is 20.4 Å². The van der Waals surface area contributed by atoms with Crippen molar-refractivity contribution in [2.45, 2.75) is 9.79 Å². The van der Waals surface area contributed by atoms with Gasteiger partial charge in [-0.3, -0.25) is 0 Å². The first kappa shape index (κ1) is 24.0. The molecule has 2 aromatic heterocycles. The van der Waals surface area contributed by atoms with Crippen molar-refractivity contribution in [1.82, 2.24) is 22.3 Å². The number of fused-ring (bicyclic) bond motifs is 2. The summed E-state index contributed by atoms with van der Waals surface area (Å²) in [5, 5.41) is 0. The van der Waals surface area contributed by atoms with Crippen molar-refractivity contribution in [3.8, 4) is 0 Å². The summed E-state index contributed by atoms with van der Waals surface area (Å²) in [6.45, 7) is 0. The molecule has 4 aromatic rings. The topological polar surface area (TPSA) is 213 Å². The van der Waals surface area contributed by atoms with Crippen molar-refractivity contribution in [2.75, 3.05) is 0 Å². The van der Waals surface area contributed by atoms with E-state index in [1.165, 1.54) is 59.1 Å². The number of rotatable bonds is 2. The van der Waals surface area contributed by atoms with Crippen LogP contribution >= 0.6 is 22.7 Å². The fourth-order valence-electron chi connectivity index (χ4n) is 1.98. The van der Waals surface area contributed by atoms with Gasteiger partial charge in [0.2, 0.25) is 0 Å². The third-order valence-corrected chi connectivity index (χ3v) is 6.43. The standard InChI is InChI=1S/2C7H5NO3S2.2H3N/c2*9-13(10,11)5-1-2-6-7(3-5)12-4-8-6;;/h2*1-4H,(H,9,10,11);2*1H3. The summed E-state index contributed by atoms with van der Waals surface area (Å²) < 4.78 is 65.2. The Bertz CT molecular complexity index is 1200. The van der Waals surface area contributed by atoms with E-state index in [2.05, 4.69) is 9.97 Å². The second-order valence-electron chi connectivity index (χ2n) is 4.87. The molecule has 0 amide bonds. The average molecular weight is 465 g/mol. The zero-order valence-electron chi connectivity index (χ0n) is 14.6. The van der Waals surface area contributed by atoms with Gasteiger partial charge in [0.05, 0.1) is 41.2 Å². The highest BCUT2D eigenvalue weighted by atomic mass is 32.2. The molecule has 0 atom stereocenters. The van der Waals surface area contributed by atoms with Gasteiger partial charge in [0, 0.05) is 0 Å². The molecule has 0 aliphatic carbocycles. The Hall–Kier alpha value is -2.04. The van der Waals surface area contributed by atoms with E-state index in [-0.39, 0.29) is 22.1 Å². The zero-order valence-corrected chi connectivity index (χ0v) is 17.9. The maximum Gasteiger partial charge on any atom is 0.124 e. The largest absolute Gasteiger partial charge is 0.744 e. The number of hydrogen-bond donors (Lipinski definition) is 2. The summed E-state index contributed by atoms with van der Waals surface area (Å²) in [5.41, 5.74) is 4.62. The van der Waals surface area contributed by atoms with Crippen molar-refractivity contribution < 1.29 is 25.9 Å². The Morgan fingerprint density at radius 3 is 1.36 bits per heavy atom. The first-order valence-corrected chi connectivity index (χ1v) is 11.3. The van der Waals surface area contributed by atoms with E-state index in [1.807, 2.05) is 0 Å². The van der Waals surface area contributed by atoms with Gasteiger partial charge in [0.1, 0.15) is 20.2 Å². The van der Waals surface area contributed by atoms with Crippen LogP contribution < -0.4 is 12.3 Å². The third-order valence-electron chi connectivity index (χ3n) is 3.18. The first-order valence-electron chi connectivity index (χ1n) is 6.73. The van der Waals surface area contributed by atoms with E-state index >= 15 is 0 Å². The minimum absolute atomic E-state index is 0. The fourth-order valence-corrected chi connectivity index (χ4v) is 4.56. The van der Waals surface area contributed by atoms with Gasteiger partial charge in [-0.15, -0.1) is 22.7 Å². The van der Waals surface area contributed by atoms with Crippen LogP contribution in [0, 0.1) is 0 Å². The molecule has 10 nitrogen and oxygen atoms in total. The molecule has 2 heterocycles. The Kier molecular flexibility index (Phi) is 7.69. The summed E-state index contributed by atoms with van der Waals surface area (Å²) in [6, 6.07) is 8.27. The lowest BCUT2D eigenvalue weighted by molar-refractivity contribution is 0.461. The number of quaternary nitrogens is 2. The fraction of sp³-hybridized carbons (Fsp3) is 0. The molecular weight excluding hydrogens is 448 g/mol. The molecule has 0 fully saturated rings. The third kappa shape index (κ3) is 5.49. The SMILES string of the molecule is O=S(=O)([O-])c1ccc2ncsc2c1.O=S(=O)([O-])c1ccc2ncsc2c1.[NH4+].[NH4+]. The van der Waals surface area contributed by atoms with Crippen LogP contribution in [0.2, 0.25) is 0 Å². The molecule has 4 rings (SSSR count). The van der Waals surface area contributed by atoms with E-state index in [9.17, 15) is 25.9 Å². The maximum atomic E-state index is 10.6. The summed E-state index contributed by atoms with van der Waals surface area (Å²) in [5.74, 6) is 0. The van der Waals surface area contributed by atoms with Crippen molar-refractivity contribution in [3.63, 3.8) is 0 Å². The highest BCUT2D eigenvalue weighted by Gasteiger charge is 2.04. The molecule has 0 spiro atoms. The lowest BCUT2D eigenvalue weighted by Gasteiger charge is -2.05. The molecule has 152 valence electrons. The van der Waals surface area contributed by atoms with Gasteiger partial charge in [-0.1, -0.05) is 0 Å². The Labute approximate surface area is 168 Å². The Balaban J connectivity index is 0.000000261. The number of hydrogen-bond acceptors (Lipinski definition) is 10. The number of aromatic nitrogens is 2. The normalized spacial score (nSPS) is 11.2. The average Bonchev–Trinajstić information content (AvgIpc) is 3.21. The van der Waals surface area contributed by atoms with Crippen LogP contribution in [-0.2, 0) is 20.2 Å². The summed E-state index contributed by atoms with van der Waals surface area (Å²) in [7, 11) is -8.69. The van der Waals surface area contributed by atoms with Gasteiger partial charge in [-0.2, -0.15) is 0 Å². The van der Waals surface area contributed by atoms with Crippen molar-refractivity contribution >= 4 is 63.3 Å². The number of nitrogens with zero attached hydrogens (tertiary/aromatic N) is 2. The first-order chi connectivity index (χ1) is 12.1. The maximum absolute atomic E-state index is 10.6. The Morgan fingerprint density at radius 1 is 0.679 bits per heavy atom. The van der Waals surface area contributed by atoms with Crippen molar-refractivity contribution in [1.29, 1.82) is 0 Å². The van der Waals surface area contributed by atoms with Crippen LogP contribution in [0.4, 0.5) is 0 Å². The molecule has 0 aliphatic rings. The summed E-state index contributed by atoms with van der Waals surface area (Å²) in [4.78, 5) is 7.52. The van der Waals surface area contributed by atoms with Gasteiger partial charge in [0.25, 0.3) is 0 Å². The van der Waals surface area contributed by atoms with E-state index in [4.69, 9.17) is 0 Å². The quantitative estimate of drug-likeness (QED) is 0.419. The van der Waals surface area contributed by atoms with E-state index in [0.717, 1.165) is 0 Å². The summed E-state index contributed by atoms with van der Waals surface area (Å²) in [6.07, 6.45) is 0. The van der Waals surface area contributed by atoms with Crippen molar-refractivity contribution in [3.05, 3.63) is 47.4 Å². The predicted molar refractivity (Wildman–Crippen MR) is 107 cm³/mol. The van der Waals surface area contributed by atoms with Gasteiger partial charge in [0.15, 0.2) is 0 Å². The van der Waals surface area contributed by atoms with E-state index in [0.29, 0.717) is 20.4 Å². The molecule has 28 heavy (non-hydrogen) atoms. The van der Waals surface area contributed by atoms with Gasteiger partial charge in [-0.25, -0.2) is 26.8 Å². The molecule has 14 heteroatoms. The molecule has 0 radical (unpaired) electrons. The van der Waals surface area contributed by atoms with Gasteiger partial charge >= 0.3 is 0 Å². The molecule has 0 aliphatic heterocycles. The minimum Gasteiger partial charge on any atom is -0.744 e. The highest BCUT2D eigenvalue weighted by Crippen LogP contribution is 2.22. The van der Waals surface area contributed by atoms with Crippen LogP contribution in [0.3, 0.4) is 0 Å². The van der Waals surface area contributed by atoms with Crippen LogP contribution in [0.15, 0.2) is 57.2 Å². The van der Waals surface area contributed by atoms with E-state index in [1.54, 1.807) is 11.0 Å². The number of thiazole rings is 2. The zero-order chi connectivity index (χ0) is 18.9. The number of benzene rings is 2. The van der Waals surface area contributed by atoms with E-state index < -0.39 is 20.2 Å². The van der Waals surface area contributed by atoms with Crippen molar-refractivity contribution in [2.24, 2.45) is 0 Å². The molecule has 0 saturated heterocycles.